The highest BCUT2D eigenvalue weighted by Gasteiger charge is 2.14. The Balaban J connectivity index is 1.64. The first-order valence-electron chi connectivity index (χ1n) is 8.90. The second-order valence-corrected chi connectivity index (χ2v) is 6.60. The molecule has 4 aromatic rings. The zero-order chi connectivity index (χ0) is 19.7. The number of carbonyl (C=O) groups is 1. The van der Waals surface area contributed by atoms with E-state index in [1.165, 1.54) is 4.40 Å². The van der Waals surface area contributed by atoms with E-state index in [1.54, 1.807) is 13.0 Å². The Labute approximate surface area is 161 Å². The molecule has 0 aliphatic rings. The normalized spacial score (nSPS) is 10.9. The molecule has 28 heavy (non-hydrogen) atoms. The Hall–Kier alpha value is -3.74. The van der Waals surface area contributed by atoms with Crippen LogP contribution in [0.2, 0.25) is 0 Å². The Kier molecular flexibility index (Phi) is 4.49. The summed E-state index contributed by atoms with van der Waals surface area (Å²) in [4.78, 5) is 29.5. The molecule has 7 heteroatoms. The minimum absolute atomic E-state index is 0.172. The van der Waals surface area contributed by atoms with Crippen molar-refractivity contribution in [3.63, 3.8) is 0 Å². The maximum atomic E-state index is 12.7. The van der Waals surface area contributed by atoms with E-state index in [4.69, 9.17) is 0 Å². The lowest BCUT2D eigenvalue weighted by atomic mass is 10.1. The van der Waals surface area contributed by atoms with Crippen molar-refractivity contribution in [2.45, 2.75) is 20.4 Å². The van der Waals surface area contributed by atoms with E-state index in [2.05, 4.69) is 15.4 Å². The molecule has 7 nitrogen and oxygen atoms in total. The predicted molar refractivity (Wildman–Crippen MR) is 107 cm³/mol. The number of anilines is 1. The summed E-state index contributed by atoms with van der Waals surface area (Å²) in [5, 5.41) is 7.10. The highest BCUT2D eigenvalue weighted by molar-refractivity contribution is 5.90. The van der Waals surface area contributed by atoms with E-state index < -0.39 is 5.69 Å². The number of hydrogen-bond acceptors (Lipinski definition) is 4. The van der Waals surface area contributed by atoms with Crippen molar-refractivity contribution in [1.29, 1.82) is 0 Å². The zero-order valence-corrected chi connectivity index (χ0v) is 15.6. The largest absolute Gasteiger partial charge is 0.352 e. The van der Waals surface area contributed by atoms with Gasteiger partial charge in [-0.1, -0.05) is 48.0 Å². The molecule has 0 saturated carbocycles. The number of carbonyl (C=O) groups excluding carboxylic acids is 1. The van der Waals surface area contributed by atoms with Gasteiger partial charge in [0.1, 0.15) is 12.4 Å². The molecule has 2 aromatic carbocycles. The highest BCUT2D eigenvalue weighted by Crippen LogP contribution is 2.18. The number of hydrogen-bond donors (Lipinski definition) is 1. The average Bonchev–Trinajstić information content (AvgIpc) is 3.00. The van der Waals surface area contributed by atoms with Crippen molar-refractivity contribution in [3.05, 3.63) is 82.5 Å². The molecule has 4 rings (SSSR count). The molecule has 0 fully saturated rings. The number of rotatable bonds is 4. The summed E-state index contributed by atoms with van der Waals surface area (Å²) in [7, 11) is 0. The van der Waals surface area contributed by atoms with Crippen molar-refractivity contribution in [2.75, 3.05) is 5.32 Å². The first kappa shape index (κ1) is 17.7. The summed E-state index contributed by atoms with van der Waals surface area (Å²) < 4.78 is 2.56. The molecule has 0 aliphatic carbocycles. The third kappa shape index (κ3) is 3.42. The van der Waals surface area contributed by atoms with Crippen LogP contribution in [0, 0.1) is 13.8 Å². The Morgan fingerprint density at radius 2 is 1.75 bits per heavy atom. The smallest absolute Gasteiger partial charge is 0.324 e. The van der Waals surface area contributed by atoms with E-state index in [0.29, 0.717) is 17.2 Å². The maximum Gasteiger partial charge on any atom is 0.352 e. The fourth-order valence-corrected chi connectivity index (χ4v) is 3.03. The van der Waals surface area contributed by atoms with Crippen molar-refractivity contribution in [3.8, 4) is 11.3 Å². The summed E-state index contributed by atoms with van der Waals surface area (Å²) in [6.07, 6.45) is 0. The molecule has 1 N–H and O–H groups in total. The van der Waals surface area contributed by atoms with Crippen LogP contribution in [0.1, 0.15) is 11.4 Å². The molecule has 0 radical (unpaired) electrons. The lowest BCUT2D eigenvalue weighted by Gasteiger charge is -2.04. The van der Waals surface area contributed by atoms with Gasteiger partial charge in [-0.25, -0.2) is 18.9 Å². The predicted octanol–water partition coefficient (Wildman–Crippen LogP) is 2.81. The molecule has 1 amide bonds. The van der Waals surface area contributed by atoms with Crippen LogP contribution < -0.4 is 11.0 Å². The Morgan fingerprint density at radius 3 is 2.46 bits per heavy atom. The van der Waals surface area contributed by atoms with E-state index in [0.717, 1.165) is 21.5 Å². The number of nitrogens with one attached hydrogen (secondary N) is 1. The van der Waals surface area contributed by atoms with Crippen molar-refractivity contribution >= 4 is 17.2 Å². The fourth-order valence-electron chi connectivity index (χ4n) is 3.03. The highest BCUT2D eigenvalue weighted by atomic mass is 16.2. The summed E-state index contributed by atoms with van der Waals surface area (Å²) in [6.45, 7) is 3.55. The van der Waals surface area contributed by atoms with Crippen LogP contribution in [0.3, 0.4) is 0 Å². The van der Waals surface area contributed by atoms with Crippen molar-refractivity contribution in [2.24, 2.45) is 0 Å². The van der Waals surface area contributed by atoms with E-state index >= 15 is 0 Å². The van der Waals surface area contributed by atoms with Gasteiger partial charge in [0.05, 0.1) is 5.69 Å². The van der Waals surface area contributed by atoms with Gasteiger partial charge in [-0.2, -0.15) is 0 Å². The van der Waals surface area contributed by atoms with Gasteiger partial charge in [0.25, 0.3) is 0 Å². The molecule has 0 atom stereocenters. The number of amides is 1. The van der Waals surface area contributed by atoms with Gasteiger partial charge in [0, 0.05) is 17.3 Å². The van der Waals surface area contributed by atoms with Crippen LogP contribution in [0.15, 0.2) is 65.5 Å². The molecule has 0 spiro atoms. The topological polar surface area (TPSA) is 81.3 Å². The van der Waals surface area contributed by atoms with Crippen molar-refractivity contribution in [1.82, 2.24) is 19.2 Å². The van der Waals surface area contributed by atoms with Crippen molar-refractivity contribution < 1.29 is 4.79 Å². The SMILES string of the molecule is Cc1ccc(NC(=O)Cn2nc3cc(-c4ccccc4)nc(C)n3c2=O)cc1. The minimum atomic E-state index is -0.390. The lowest BCUT2D eigenvalue weighted by Crippen LogP contribution is -2.28. The van der Waals surface area contributed by atoms with Gasteiger partial charge in [-0.05, 0) is 26.0 Å². The molecule has 0 unspecified atom stereocenters. The molecule has 0 aliphatic heterocycles. The van der Waals surface area contributed by atoms with Gasteiger partial charge >= 0.3 is 5.69 Å². The van der Waals surface area contributed by atoms with Crippen LogP contribution >= 0.6 is 0 Å². The first-order chi connectivity index (χ1) is 13.5. The van der Waals surface area contributed by atoms with Crippen LogP contribution in [-0.4, -0.2) is 25.1 Å². The van der Waals surface area contributed by atoms with Crippen LogP contribution in [0.25, 0.3) is 16.9 Å². The summed E-state index contributed by atoms with van der Waals surface area (Å²) >= 11 is 0. The van der Waals surface area contributed by atoms with E-state index in [9.17, 15) is 9.59 Å². The second-order valence-electron chi connectivity index (χ2n) is 6.60. The van der Waals surface area contributed by atoms with E-state index in [-0.39, 0.29) is 12.5 Å². The van der Waals surface area contributed by atoms with Gasteiger partial charge in [0.15, 0.2) is 5.65 Å². The Morgan fingerprint density at radius 1 is 1.04 bits per heavy atom. The van der Waals surface area contributed by atoms with Gasteiger partial charge in [-0.3, -0.25) is 4.79 Å². The van der Waals surface area contributed by atoms with Crippen LogP contribution in [0.4, 0.5) is 5.69 Å². The summed E-state index contributed by atoms with van der Waals surface area (Å²) in [5.41, 5.74) is 3.51. The summed E-state index contributed by atoms with van der Waals surface area (Å²) in [6, 6.07) is 18.9. The molecular formula is C21H19N5O2. The number of benzene rings is 2. The Bertz CT molecular complexity index is 1210. The number of aromatic nitrogens is 4. The van der Waals surface area contributed by atoms with E-state index in [1.807, 2.05) is 61.5 Å². The first-order valence-corrected chi connectivity index (χ1v) is 8.90. The third-order valence-electron chi connectivity index (χ3n) is 4.43. The van der Waals surface area contributed by atoms with Gasteiger partial charge in [0.2, 0.25) is 5.91 Å². The second kappa shape index (κ2) is 7.11. The van der Waals surface area contributed by atoms with Crippen LogP contribution in [-0.2, 0) is 11.3 Å². The molecule has 0 bridgehead atoms. The molecule has 140 valence electrons. The summed E-state index contributed by atoms with van der Waals surface area (Å²) in [5.74, 6) is 0.204. The molecule has 2 aromatic heterocycles. The van der Waals surface area contributed by atoms with Gasteiger partial charge in [-0.15, -0.1) is 5.10 Å². The van der Waals surface area contributed by atoms with Crippen LogP contribution in [0.5, 0.6) is 0 Å². The molecule has 0 saturated heterocycles. The standard InChI is InChI=1S/C21H19N5O2/c1-14-8-10-17(11-9-14)23-20(27)13-25-21(28)26-15(2)22-18(12-19(26)24-25)16-6-4-3-5-7-16/h3-12H,13H2,1-2H3,(H,23,27). The molecular weight excluding hydrogens is 354 g/mol. The fraction of sp³-hybridized carbons (Fsp3) is 0.143. The average molecular weight is 373 g/mol. The maximum absolute atomic E-state index is 12.7. The minimum Gasteiger partial charge on any atom is -0.324 e. The zero-order valence-electron chi connectivity index (χ0n) is 15.6. The quantitative estimate of drug-likeness (QED) is 0.596. The monoisotopic (exact) mass is 373 g/mol. The third-order valence-corrected chi connectivity index (χ3v) is 4.43. The number of fused-ring (bicyclic) bond motifs is 1. The number of nitrogens with zero attached hydrogens (tertiary/aromatic N) is 4. The molecule has 2 heterocycles. The number of aryl methyl sites for hydroxylation is 2. The van der Waals surface area contributed by atoms with Gasteiger partial charge < -0.3 is 5.32 Å². The lowest BCUT2D eigenvalue weighted by molar-refractivity contribution is -0.117.